The van der Waals surface area contributed by atoms with E-state index in [0.717, 1.165) is 0 Å². The second-order valence-electron chi connectivity index (χ2n) is 5.66. The van der Waals surface area contributed by atoms with Gasteiger partial charge in [-0.1, -0.05) is 24.3 Å². The molecule has 7 nitrogen and oxygen atoms in total. The van der Waals surface area contributed by atoms with E-state index in [9.17, 15) is 26.3 Å². The van der Waals surface area contributed by atoms with E-state index in [-0.39, 0.29) is 20.4 Å². The number of nitrogens with two attached hydrogens (primary N) is 1. The van der Waals surface area contributed by atoms with Gasteiger partial charge in [-0.2, -0.15) is 0 Å². The molecule has 0 aliphatic rings. The zero-order valence-corrected chi connectivity index (χ0v) is 15.3. The first-order chi connectivity index (χ1) is 12.3. The van der Waals surface area contributed by atoms with E-state index in [1.807, 2.05) is 0 Å². The lowest BCUT2D eigenvalue weighted by Gasteiger charge is -2.17. The van der Waals surface area contributed by atoms with E-state index in [2.05, 4.69) is 0 Å². The fourth-order valence-corrected chi connectivity index (χ4v) is 5.17. The van der Waals surface area contributed by atoms with E-state index in [4.69, 9.17) is 5.73 Å². The Labute approximate surface area is 154 Å². The third-order valence-electron chi connectivity index (χ3n) is 4.38. The molecule has 0 fully saturated rings. The Bertz CT molecular complexity index is 1250. The second kappa shape index (κ2) is 6.05. The molecule has 10 heteroatoms. The topological polar surface area (TPSA) is 138 Å². The summed E-state index contributed by atoms with van der Waals surface area (Å²) < 4.78 is 64.2. The van der Waals surface area contributed by atoms with Crippen LogP contribution in [0.5, 0.6) is 0 Å². The smallest absolute Gasteiger partial charge is 0.187 e. The van der Waals surface area contributed by atoms with Crippen LogP contribution in [0.15, 0.2) is 51.1 Å². The number of hydrogen-bond donors (Lipinski definition) is 4. The van der Waals surface area contributed by atoms with Gasteiger partial charge in [0.05, 0.1) is 14.7 Å². The van der Waals surface area contributed by atoms with Crippen LogP contribution < -0.4 is 5.73 Å². The zero-order valence-electron chi connectivity index (χ0n) is 12.8. The van der Waals surface area contributed by atoms with Gasteiger partial charge in [0.1, 0.15) is 0 Å². The summed E-state index contributed by atoms with van der Waals surface area (Å²) in [6.45, 7) is 0. The first kappa shape index (κ1) is 17.5. The third kappa shape index (κ3) is 2.38. The number of anilines is 1. The molecule has 134 valence electrons. The molecule has 3 unspecified atom stereocenters. The van der Waals surface area contributed by atoms with Crippen molar-refractivity contribution >= 4 is 71.2 Å². The lowest BCUT2D eigenvalue weighted by molar-refractivity contribution is 0.562. The van der Waals surface area contributed by atoms with Gasteiger partial charge in [-0.25, -0.2) is 12.6 Å². The molecule has 0 amide bonds. The molecule has 0 saturated heterocycles. The van der Waals surface area contributed by atoms with Crippen LogP contribution in [0.3, 0.4) is 0 Å². The Kier molecular flexibility index (Phi) is 4.06. The molecular weight excluding hydrogens is 398 g/mol. The molecule has 4 rings (SSSR count). The van der Waals surface area contributed by atoms with E-state index in [1.54, 1.807) is 24.3 Å². The highest BCUT2D eigenvalue weighted by Crippen LogP contribution is 2.42. The summed E-state index contributed by atoms with van der Waals surface area (Å²) in [6.07, 6.45) is 0. The highest BCUT2D eigenvalue weighted by molar-refractivity contribution is 7.80. The first-order valence-electron chi connectivity index (χ1n) is 7.17. The molecule has 0 spiro atoms. The average Bonchev–Trinajstić information content (AvgIpc) is 2.59. The van der Waals surface area contributed by atoms with Crippen molar-refractivity contribution < 1.29 is 26.3 Å². The number of nitrogen functional groups attached to an aromatic ring is 1. The minimum atomic E-state index is -2.39. The Hall–Kier alpha value is -1.95. The SMILES string of the molecule is Nc1cc(S(=O)O)c2ccc3c(S(=O)O)cc(S(=O)O)c4ccc1c2c43. The summed E-state index contributed by atoms with van der Waals surface area (Å²) in [5.41, 5.74) is 6.31. The van der Waals surface area contributed by atoms with Crippen molar-refractivity contribution in [2.75, 3.05) is 5.73 Å². The Balaban J connectivity index is 2.39. The van der Waals surface area contributed by atoms with Crippen molar-refractivity contribution in [3.05, 3.63) is 36.4 Å². The van der Waals surface area contributed by atoms with Crippen molar-refractivity contribution in [1.82, 2.24) is 0 Å². The van der Waals surface area contributed by atoms with Gasteiger partial charge in [0.25, 0.3) is 0 Å². The van der Waals surface area contributed by atoms with Crippen molar-refractivity contribution in [3.8, 4) is 0 Å². The molecule has 5 N–H and O–H groups in total. The molecule has 4 aromatic carbocycles. The highest BCUT2D eigenvalue weighted by Gasteiger charge is 2.22. The minimum Gasteiger partial charge on any atom is -0.398 e. The molecule has 0 saturated carbocycles. The van der Waals surface area contributed by atoms with Gasteiger partial charge >= 0.3 is 0 Å². The summed E-state index contributed by atoms with van der Waals surface area (Å²) in [6, 6.07) is 9.05. The predicted octanol–water partition coefficient (Wildman–Crippen LogP) is 2.91. The first-order valence-corrected chi connectivity index (χ1v) is 10.5. The van der Waals surface area contributed by atoms with Crippen molar-refractivity contribution in [1.29, 1.82) is 0 Å². The van der Waals surface area contributed by atoms with E-state index in [1.165, 1.54) is 12.1 Å². The summed E-state index contributed by atoms with van der Waals surface area (Å²) in [5, 5.41) is 2.82. The molecule has 3 atom stereocenters. The van der Waals surface area contributed by atoms with Crippen molar-refractivity contribution in [2.45, 2.75) is 14.7 Å². The molecule has 0 aliphatic heterocycles. The van der Waals surface area contributed by atoms with Gasteiger partial charge in [0.15, 0.2) is 33.2 Å². The fraction of sp³-hybridized carbons (Fsp3) is 0. The molecule has 26 heavy (non-hydrogen) atoms. The highest BCUT2D eigenvalue weighted by atomic mass is 32.2. The van der Waals surface area contributed by atoms with Crippen LogP contribution in [0.1, 0.15) is 0 Å². The van der Waals surface area contributed by atoms with Gasteiger partial charge < -0.3 is 19.4 Å². The van der Waals surface area contributed by atoms with Gasteiger partial charge in [0, 0.05) is 38.0 Å². The predicted molar refractivity (Wildman–Crippen MR) is 102 cm³/mol. The molecule has 0 heterocycles. The van der Waals surface area contributed by atoms with Gasteiger partial charge in [-0.3, -0.25) is 0 Å². The van der Waals surface area contributed by atoms with Crippen molar-refractivity contribution in [3.63, 3.8) is 0 Å². The molecule has 0 aliphatic carbocycles. The lowest BCUT2D eigenvalue weighted by Crippen LogP contribution is -2.01. The molecule has 0 radical (unpaired) electrons. The summed E-state index contributed by atoms with van der Waals surface area (Å²) in [4.78, 5) is 0.0726. The lowest BCUT2D eigenvalue weighted by atomic mass is 9.93. The van der Waals surface area contributed by atoms with Crippen molar-refractivity contribution in [2.24, 2.45) is 0 Å². The Morgan fingerprint density at radius 2 is 0.962 bits per heavy atom. The van der Waals surface area contributed by atoms with Crippen LogP contribution in [-0.4, -0.2) is 26.3 Å². The number of hydrogen-bond acceptors (Lipinski definition) is 4. The quantitative estimate of drug-likeness (QED) is 0.232. The maximum absolute atomic E-state index is 11.8. The van der Waals surface area contributed by atoms with Crippen LogP contribution in [-0.2, 0) is 33.2 Å². The Morgan fingerprint density at radius 3 is 1.38 bits per heavy atom. The molecule has 0 bridgehead atoms. The third-order valence-corrected chi connectivity index (χ3v) is 6.52. The molecule has 0 aromatic heterocycles. The minimum absolute atomic E-state index is 0.0154. The summed E-state index contributed by atoms with van der Waals surface area (Å²) in [7, 11) is 0. The number of rotatable bonds is 3. The standard InChI is InChI=1S/C16H11NO6S3/c17-11-5-12(24(18)19)8-3-4-10-14(26(22)23)6-13(25(20)21)9-2-1-7(11)15(8)16(9)10/h1-6H,17H2,(H,18,19)(H,20,21)(H,22,23). The second-order valence-corrected chi connectivity index (χ2v) is 8.47. The summed E-state index contributed by atoms with van der Waals surface area (Å²) in [5.74, 6) is 0. The van der Waals surface area contributed by atoms with Gasteiger partial charge in [0.2, 0.25) is 0 Å². The zero-order chi connectivity index (χ0) is 18.7. The van der Waals surface area contributed by atoms with E-state index in [0.29, 0.717) is 32.3 Å². The van der Waals surface area contributed by atoms with Crippen LogP contribution in [0.4, 0.5) is 5.69 Å². The monoisotopic (exact) mass is 409 g/mol. The molecular formula is C16H11NO6S3. The molecule has 4 aromatic rings. The van der Waals surface area contributed by atoms with Crippen LogP contribution >= 0.6 is 0 Å². The fourth-order valence-electron chi connectivity index (χ4n) is 3.36. The van der Waals surface area contributed by atoms with E-state index >= 15 is 0 Å². The van der Waals surface area contributed by atoms with Gasteiger partial charge in [-0.15, -0.1) is 0 Å². The van der Waals surface area contributed by atoms with Crippen LogP contribution in [0.25, 0.3) is 32.3 Å². The van der Waals surface area contributed by atoms with Crippen LogP contribution in [0.2, 0.25) is 0 Å². The van der Waals surface area contributed by atoms with Crippen LogP contribution in [0, 0.1) is 0 Å². The largest absolute Gasteiger partial charge is 0.398 e. The Morgan fingerprint density at radius 1 is 0.615 bits per heavy atom. The normalized spacial score (nSPS) is 15.7. The maximum atomic E-state index is 11.8. The average molecular weight is 409 g/mol. The maximum Gasteiger partial charge on any atom is 0.187 e. The van der Waals surface area contributed by atoms with E-state index < -0.39 is 33.2 Å². The van der Waals surface area contributed by atoms with Gasteiger partial charge in [-0.05, 0) is 12.1 Å². The number of benzene rings is 4. The summed E-state index contributed by atoms with van der Waals surface area (Å²) >= 11 is -7.09.